The Morgan fingerprint density at radius 2 is 1.56 bits per heavy atom. The topological polar surface area (TPSA) is 78.4 Å². The predicted octanol–water partition coefficient (Wildman–Crippen LogP) is 4.10. The van der Waals surface area contributed by atoms with Crippen molar-refractivity contribution in [2.75, 3.05) is 0 Å². The van der Waals surface area contributed by atoms with Gasteiger partial charge in [-0.3, -0.25) is 14.8 Å². The van der Waals surface area contributed by atoms with Crippen molar-refractivity contribution in [1.82, 2.24) is 10.8 Å². The Labute approximate surface area is 163 Å². The van der Waals surface area contributed by atoms with Gasteiger partial charge >= 0.3 is 0 Å². The highest BCUT2D eigenvalue weighted by Crippen LogP contribution is 2.17. The first kappa shape index (κ1) is 23.2. The second-order valence-corrected chi connectivity index (χ2v) is 8.22. The summed E-state index contributed by atoms with van der Waals surface area (Å²) in [5.74, 6) is -1.13. The fourth-order valence-electron chi connectivity index (χ4n) is 3.37. The molecule has 0 heterocycles. The lowest BCUT2D eigenvalue weighted by atomic mass is 9.93. The molecule has 0 bridgehead atoms. The van der Waals surface area contributed by atoms with E-state index in [1.807, 2.05) is 19.9 Å². The zero-order valence-corrected chi connectivity index (χ0v) is 17.2. The highest BCUT2D eigenvalue weighted by molar-refractivity contribution is 5.99. The molecule has 152 valence electrons. The molecule has 5 nitrogen and oxygen atoms in total. The van der Waals surface area contributed by atoms with Crippen molar-refractivity contribution in [3.8, 4) is 0 Å². The van der Waals surface area contributed by atoms with Crippen LogP contribution >= 0.6 is 0 Å². The van der Waals surface area contributed by atoms with Gasteiger partial charge in [-0.25, -0.2) is 5.48 Å². The fourth-order valence-corrected chi connectivity index (χ4v) is 3.37. The standard InChI is InChI=1S/C22H36N2O3/c1-16(2)14-19(13-9-8-12-18-10-6-5-7-11-18)23-21(25)20(15-17(3)4)22(26)24-27/h5-7,10-11,16-17,19-20,27H,8-9,12-15H2,1-4H3,(H,23,25)(H,24,26). The van der Waals surface area contributed by atoms with Gasteiger partial charge in [0.05, 0.1) is 0 Å². The van der Waals surface area contributed by atoms with Gasteiger partial charge in [0.15, 0.2) is 0 Å². The SMILES string of the molecule is CC(C)CC(CCCCc1ccccc1)NC(=O)C(CC(C)C)C(=O)NO. The Morgan fingerprint density at radius 3 is 2.11 bits per heavy atom. The Morgan fingerprint density at radius 1 is 0.926 bits per heavy atom. The molecule has 2 unspecified atom stereocenters. The normalized spacial score (nSPS) is 13.4. The minimum atomic E-state index is -0.853. The lowest BCUT2D eigenvalue weighted by molar-refractivity contribution is -0.141. The van der Waals surface area contributed by atoms with Crippen LogP contribution in [-0.4, -0.2) is 23.1 Å². The first-order valence-electron chi connectivity index (χ1n) is 10.1. The van der Waals surface area contributed by atoms with E-state index in [0.29, 0.717) is 12.3 Å². The summed E-state index contributed by atoms with van der Waals surface area (Å²) in [6, 6.07) is 10.5. The average molecular weight is 377 g/mol. The van der Waals surface area contributed by atoms with Gasteiger partial charge in [-0.05, 0) is 49.5 Å². The molecule has 2 amide bonds. The number of carbonyl (C=O) groups is 2. The third-order valence-corrected chi connectivity index (χ3v) is 4.66. The average Bonchev–Trinajstić information content (AvgIpc) is 2.62. The summed E-state index contributed by atoms with van der Waals surface area (Å²) < 4.78 is 0. The first-order valence-corrected chi connectivity index (χ1v) is 10.1. The summed E-state index contributed by atoms with van der Waals surface area (Å²) in [4.78, 5) is 24.5. The van der Waals surface area contributed by atoms with Crippen LogP contribution in [0.4, 0.5) is 0 Å². The molecule has 1 rings (SSSR count). The minimum absolute atomic E-state index is 0.0504. The fraction of sp³-hybridized carbons (Fsp3) is 0.636. The second-order valence-electron chi connectivity index (χ2n) is 8.22. The number of benzene rings is 1. The molecule has 0 saturated heterocycles. The summed E-state index contributed by atoms with van der Waals surface area (Å²) >= 11 is 0. The molecular weight excluding hydrogens is 340 g/mol. The summed E-state index contributed by atoms with van der Waals surface area (Å²) in [5.41, 5.74) is 2.97. The van der Waals surface area contributed by atoms with Gasteiger partial charge in [0.1, 0.15) is 5.92 Å². The van der Waals surface area contributed by atoms with E-state index in [2.05, 4.69) is 43.4 Å². The van der Waals surface area contributed by atoms with Gasteiger partial charge in [-0.2, -0.15) is 0 Å². The van der Waals surface area contributed by atoms with Gasteiger partial charge in [0.25, 0.3) is 5.91 Å². The van der Waals surface area contributed by atoms with Crippen LogP contribution in [0.15, 0.2) is 30.3 Å². The maximum Gasteiger partial charge on any atom is 0.255 e. The largest absolute Gasteiger partial charge is 0.353 e. The summed E-state index contributed by atoms with van der Waals surface area (Å²) in [7, 11) is 0. The van der Waals surface area contributed by atoms with Crippen LogP contribution in [0, 0.1) is 17.8 Å². The number of hydrogen-bond acceptors (Lipinski definition) is 3. The number of carbonyl (C=O) groups excluding carboxylic acids is 2. The van der Waals surface area contributed by atoms with Crippen molar-refractivity contribution >= 4 is 11.8 Å². The number of unbranched alkanes of at least 4 members (excludes halogenated alkanes) is 1. The molecule has 0 aliphatic rings. The third kappa shape index (κ3) is 9.57. The van der Waals surface area contributed by atoms with Gasteiger partial charge in [-0.15, -0.1) is 0 Å². The van der Waals surface area contributed by atoms with Gasteiger partial charge in [-0.1, -0.05) is 64.4 Å². The van der Waals surface area contributed by atoms with E-state index in [9.17, 15) is 9.59 Å². The smallest absolute Gasteiger partial charge is 0.255 e. The number of hydroxylamine groups is 1. The van der Waals surface area contributed by atoms with Crippen molar-refractivity contribution in [3.05, 3.63) is 35.9 Å². The van der Waals surface area contributed by atoms with Crippen LogP contribution in [0.25, 0.3) is 0 Å². The summed E-state index contributed by atoms with van der Waals surface area (Å²) in [6.45, 7) is 8.19. The molecule has 1 aromatic rings. The maximum atomic E-state index is 12.6. The van der Waals surface area contributed by atoms with E-state index in [1.165, 1.54) is 5.56 Å². The maximum absolute atomic E-state index is 12.6. The zero-order valence-electron chi connectivity index (χ0n) is 17.2. The molecule has 0 saturated carbocycles. The highest BCUT2D eigenvalue weighted by Gasteiger charge is 2.29. The van der Waals surface area contributed by atoms with E-state index in [0.717, 1.165) is 32.1 Å². The molecule has 0 radical (unpaired) electrons. The van der Waals surface area contributed by atoms with E-state index >= 15 is 0 Å². The van der Waals surface area contributed by atoms with Gasteiger partial charge in [0, 0.05) is 6.04 Å². The Bertz CT molecular complexity index is 558. The summed E-state index contributed by atoms with van der Waals surface area (Å²) in [6.07, 6.45) is 5.32. The molecule has 3 N–H and O–H groups in total. The molecule has 0 aromatic heterocycles. The Balaban J connectivity index is 2.58. The van der Waals surface area contributed by atoms with Crippen molar-refractivity contribution < 1.29 is 14.8 Å². The van der Waals surface area contributed by atoms with Crippen LogP contribution in [0.1, 0.15) is 65.4 Å². The number of rotatable bonds is 12. The van der Waals surface area contributed by atoms with Crippen molar-refractivity contribution in [3.63, 3.8) is 0 Å². The van der Waals surface area contributed by atoms with E-state index in [-0.39, 0.29) is 17.9 Å². The molecular formula is C22H36N2O3. The van der Waals surface area contributed by atoms with Crippen LogP contribution in [0.5, 0.6) is 0 Å². The van der Waals surface area contributed by atoms with Crippen LogP contribution in [-0.2, 0) is 16.0 Å². The monoisotopic (exact) mass is 376 g/mol. The van der Waals surface area contributed by atoms with Crippen molar-refractivity contribution in [2.24, 2.45) is 17.8 Å². The molecule has 27 heavy (non-hydrogen) atoms. The molecule has 0 fully saturated rings. The van der Waals surface area contributed by atoms with Crippen LogP contribution < -0.4 is 10.8 Å². The van der Waals surface area contributed by atoms with E-state index in [1.54, 1.807) is 5.48 Å². The van der Waals surface area contributed by atoms with Crippen molar-refractivity contribution in [2.45, 2.75) is 72.3 Å². The lowest BCUT2D eigenvalue weighted by Gasteiger charge is -2.24. The predicted molar refractivity (Wildman–Crippen MR) is 108 cm³/mol. The number of amides is 2. The second kappa shape index (κ2) is 12.5. The minimum Gasteiger partial charge on any atom is -0.353 e. The van der Waals surface area contributed by atoms with Gasteiger partial charge in [0.2, 0.25) is 5.91 Å². The molecule has 0 aliphatic heterocycles. The Hall–Kier alpha value is -1.88. The lowest BCUT2D eigenvalue weighted by Crippen LogP contribution is -2.45. The van der Waals surface area contributed by atoms with Crippen LogP contribution in [0.3, 0.4) is 0 Å². The van der Waals surface area contributed by atoms with E-state index in [4.69, 9.17) is 5.21 Å². The molecule has 0 aliphatic carbocycles. The quantitative estimate of drug-likeness (QED) is 0.222. The summed E-state index contributed by atoms with van der Waals surface area (Å²) in [5, 5.41) is 12.0. The zero-order chi connectivity index (χ0) is 20.2. The molecule has 5 heteroatoms. The molecule has 2 atom stereocenters. The third-order valence-electron chi connectivity index (χ3n) is 4.66. The Kier molecular flexibility index (Phi) is 10.7. The molecule has 0 spiro atoms. The van der Waals surface area contributed by atoms with Crippen molar-refractivity contribution in [1.29, 1.82) is 0 Å². The number of hydrogen-bond donors (Lipinski definition) is 3. The highest BCUT2D eigenvalue weighted by atomic mass is 16.5. The van der Waals surface area contributed by atoms with Gasteiger partial charge < -0.3 is 5.32 Å². The first-order chi connectivity index (χ1) is 12.8. The van der Waals surface area contributed by atoms with Crippen LogP contribution in [0.2, 0.25) is 0 Å². The number of nitrogens with one attached hydrogen (secondary N) is 2. The number of aryl methyl sites for hydroxylation is 1. The molecule has 1 aromatic carbocycles. The van der Waals surface area contributed by atoms with E-state index < -0.39 is 11.8 Å².